The van der Waals surface area contributed by atoms with Crippen LogP contribution in [0.25, 0.3) is 0 Å². The van der Waals surface area contributed by atoms with E-state index in [9.17, 15) is 4.79 Å². The van der Waals surface area contributed by atoms with Crippen molar-refractivity contribution in [2.45, 2.75) is 104 Å². The van der Waals surface area contributed by atoms with Crippen LogP contribution in [0.3, 0.4) is 0 Å². The van der Waals surface area contributed by atoms with E-state index in [-0.39, 0.29) is 0 Å². The Labute approximate surface area is 169 Å². The van der Waals surface area contributed by atoms with Crippen molar-refractivity contribution in [3.63, 3.8) is 0 Å². The lowest BCUT2D eigenvalue weighted by Gasteiger charge is -2.16. The third-order valence-electron chi connectivity index (χ3n) is 4.73. The molecule has 0 unspecified atom stereocenters. The van der Waals surface area contributed by atoms with Crippen LogP contribution in [0.2, 0.25) is 0 Å². The minimum absolute atomic E-state index is 0.331. The second-order valence-corrected chi connectivity index (χ2v) is 7.19. The van der Waals surface area contributed by atoms with Crippen LogP contribution >= 0.6 is 0 Å². The quantitative estimate of drug-likeness (QED) is 0.224. The zero-order valence-corrected chi connectivity index (χ0v) is 18.6. The molecule has 0 rings (SSSR count). The largest absolute Gasteiger partial charge is 0.481 e. The molecule has 0 saturated carbocycles. The van der Waals surface area contributed by atoms with Gasteiger partial charge >= 0.3 is 5.97 Å². The number of allylic oxidation sites excluding steroid dienone is 2. The highest BCUT2D eigenvalue weighted by Crippen LogP contribution is 2.08. The highest BCUT2D eigenvalue weighted by molar-refractivity contribution is 5.66. The summed E-state index contributed by atoms with van der Waals surface area (Å²) in [6.07, 6.45) is 19.4. The molecule has 0 amide bonds. The molecular formula is C23H48N2O2. The van der Waals surface area contributed by atoms with Gasteiger partial charge in [0.1, 0.15) is 0 Å². The van der Waals surface area contributed by atoms with E-state index in [4.69, 9.17) is 10.8 Å². The Kier molecular flexibility index (Phi) is 26.4. The van der Waals surface area contributed by atoms with E-state index in [1.54, 1.807) is 0 Å². The molecule has 0 fully saturated rings. The monoisotopic (exact) mass is 384 g/mol. The lowest BCUT2D eigenvalue weighted by Crippen LogP contribution is -2.25. The summed E-state index contributed by atoms with van der Waals surface area (Å²) in [5, 5.41) is 8.48. The third kappa shape index (κ3) is 27.5. The van der Waals surface area contributed by atoms with E-state index in [2.05, 4.69) is 37.8 Å². The van der Waals surface area contributed by atoms with Gasteiger partial charge in [-0.25, -0.2) is 0 Å². The molecule has 0 aliphatic heterocycles. The summed E-state index contributed by atoms with van der Waals surface area (Å²) in [7, 11) is 0. The Bertz CT molecular complexity index is 316. The van der Waals surface area contributed by atoms with Crippen molar-refractivity contribution < 1.29 is 9.90 Å². The van der Waals surface area contributed by atoms with Gasteiger partial charge in [-0.3, -0.25) is 4.79 Å². The number of carboxylic acids is 1. The summed E-state index contributed by atoms with van der Waals surface area (Å²) in [6, 6.07) is 0. The molecule has 0 atom stereocenters. The molecule has 162 valence electrons. The maximum Gasteiger partial charge on any atom is 0.303 e. The van der Waals surface area contributed by atoms with Crippen molar-refractivity contribution in [2.75, 3.05) is 26.2 Å². The molecular weight excluding hydrogens is 336 g/mol. The van der Waals surface area contributed by atoms with E-state index in [0.717, 1.165) is 45.4 Å². The Balaban J connectivity index is 0. The van der Waals surface area contributed by atoms with Gasteiger partial charge in [0, 0.05) is 6.42 Å². The minimum atomic E-state index is -0.666. The number of nitrogens with two attached hydrogens (primary N) is 1. The second-order valence-electron chi connectivity index (χ2n) is 7.19. The second kappa shape index (κ2) is 25.1. The zero-order chi connectivity index (χ0) is 20.6. The van der Waals surface area contributed by atoms with E-state index in [0.29, 0.717) is 6.42 Å². The first-order chi connectivity index (χ1) is 13.1. The fourth-order valence-electron chi connectivity index (χ4n) is 2.85. The molecule has 4 heteroatoms. The zero-order valence-electron chi connectivity index (χ0n) is 18.6. The average molecular weight is 385 g/mol. The smallest absolute Gasteiger partial charge is 0.303 e. The number of carboxylic acid groups (broad SMARTS) is 1. The highest BCUT2D eigenvalue weighted by Gasteiger charge is 1.96. The van der Waals surface area contributed by atoms with Crippen LogP contribution in [-0.4, -0.2) is 42.2 Å². The fraction of sp³-hybridized carbons (Fsp3) is 0.870. The summed E-state index contributed by atoms with van der Waals surface area (Å²) < 4.78 is 0. The number of hydrogen-bond donors (Lipinski definition) is 2. The summed E-state index contributed by atoms with van der Waals surface area (Å²) >= 11 is 0. The van der Waals surface area contributed by atoms with Gasteiger partial charge in [0.2, 0.25) is 0 Å². The number of carbonyl (C=O) groups is 1. The van der Waals surface area contributed by atoms with Crippen LogP contribution in [0.4, 0.5) is 0 Å². The Morgan fingerprint density at radius 1 is 0.815 bits per heavy atom. The maximum atomic E-state index is 10.3. The van der Waals surface area contributed by atoms with E-state index < -0.39 is 5.97 Å². The lowest BCUT2D eigenvalue weighted by atomic mass is 10.1. The number of nitrogens with zero attached hydrogens (tertiary/aromatic N) is 1. The first-order valence-corrected chi connectivity index (χ1v) is 11.4. The average Bonchev–Trinajstić information content (AvgIpc) is 2.66. The van der Waals surface area contributed by atoms with Gasteiger partial charge in [0.25, 0.3) is 0 Å². The Morgan fingerprint density at radius 3 is 1.81 bits per heavy atom. The number of aliphatic carboxylic acids is 1. The standard InChI is InChI=1S/C16H30O2.C7H18N2/c1-2-3-4-5-6-7-8-9-10-11-12-13-14-15-16(17)18;1-3-9(4-2)7-5-6-8/h7-8H,2-6,9-15H2,1H3,(H,17,18);3-8H2,1-2H3/b8-7-;. The number of hydrogen-bond acceptors (Lipinski definition) is 3. The van der Waals surface area contributed by atoms with E-state index in [1.165, 1.54) is 57.8 Å². The van der Waals surface area contributed by atoms with Gasteiger partial charge in [0.05, 0.1) is 0 Å². The summed E-state index contributed by atoms with van der Waals surface area (Å²) in [4.78, 5) is 12.7. The maximum absolute atomic E-state index is 10.3. The van der Waals surface area contributed by atoms with Gasteiger partial charge in [0.15, 0.2) is 0 Å². The van der Waals surface area contributed by atoms with Crippen molar-refractivity contribution in [3.8, 4) is 0 Å². The molecule has 0 heterocycles. The van der Waals surface area contributed by atoms with Crippen molar-refractivity contribution in [1.29, 1.82) is 0 Å². The van der Waals surface area contributed by atoms with Crippen LogP contribution < -0.4 is 5.73 Å². The Morgan fingerprint density at radius 2 is 1.33 bits per heavy atom. The molecule has 0 bridgehead atoms. The van der Waals surface area contributed by atoms with Crippen molar-refractivity contribution >= 4 is 5.97 Å². The molecule has 0 aromatic rings. The molecule has 0 radical (unpaired) electrons. The summed E-state index contributed by atoms with van der Waals surface area (Å²) in [5.41, 5.74) is 5.36. The van der Waals surface area contributed by atoms with Gasteiger partial charge in [-0.1, -0.05) is 71.4 Å². The van der Waals surface area contributed by atoms with Crippen LogP contribution in [0.5, 0.6) is 0 Å². The van der Waals surface area contributed by atoms with Gasteiger partial charge in [-0.05, 0) is 64.7 Å². The van der Waals surface area contributed by atoms with E-state index >= 15 is 0 Å². The van der Waals surface area contributed by atoms with Crippen molar-refractivity contribution in [1.82, 2.24) is 4.90 Å². The summed E-state index contributed by atoms with van der Waals surface area (Å²) in [6.45, 7) is 10.9. The molecule has 0 aliphatic carbocycles. The van der Waals surface area contributed by atoms with Crippen LogP contribution in [0.1, 0.15) is 104 Å². The molecule has 0 saturated heterocycles. The Hall–Kier alpha value is -0.870. The highest BCUT2D eigenvalue weighted by atomic mass is 16.4. The molecule has 0 spiro atoms. The predicted octanol–water partition coefficient (Wildman–Crippen LogP) is 6.01. The molecule has 0 aromatic heterocycles. The first-order valence-electron chi connectivity index (χ1n) is 11.4. The van der Waals surface area contributed by atoms with Gasteiger partial charge in [-0.2, -0.15) is 0 Å². The van der Waals surface area contributed by atoms with Crippen LogP contribution in [0.15, 0.2) is 12.2 Å². The predicted molar refractivity (Wildman–Crippen MR) is 119 cm³/mol. The van der Waals surface area contributed by atoms with Crippen LogP contribution in [0, 0.1) is 0 Å². The normalized spacial score (nSPS) is 11.0. The van der Waals surface area contributed by atoms with Crippen molar-refractivity contribution in [3.05, 3.63) is 12.2 Å². The van der Waals surface area contributed by atoms with Gasteiger partial charge in [-0.15, -0.1) is 0 Å². The van der Waals surface area contributed by atoms with Gasteiger partial charge < -0.3 is 15.7 Å². The molecule has 27 heavy (non-hydrogen) atoms. The first kappa shape index (κ1) is 28.3. The molecule has 0 aromatic carbocycles. The van der Waals surface area contributed by atoms with Crippen molar-refractivity contribution in [2.24, 2.45) is 5.73 Å². The topological polar surface area (TPSA) is 66.6 Å². The molecule has 4 nitrogen and oxygen atoms in total. The van der Waals surface area contributed by atoms with Crippen LogP contribution in [-0.2, 0) is 4.79 Å². The number of unbranched alkanes of at least 4 members (excludes halogenated alkanes) is 9. The van der Waals surface area contributed by atoms with E-state index in [1.807, 2.05) is 0 Å². The molecule has 0 aliphatic rings. The lowest BCUT2D eigenvalue weighted by molar-refractivity contribution is -0.137. The number of rotatable bonds is 18. The SMILES string of the molecule is CCCCCC/C=C\CCCCCCCC(=O)O.CCN(CC)CCCN. The minimum Gasteiger partial charge on any atom is -0.481 e. The molecule has 3 N–H and O–H groups in total. The summed E-state index contributed by atoms with van der Waals surface area (Å²) in [5.74, 6) is -0.666. The fourth-order valence-corrected chi connectivity index (χ4v) is 2.85. The third-order valence-corrected chi connectivity index (χ3v) is 4.73.